The predicted octanol–water partition coefficient (Wildman–Crippen LogP) is 1.92. The summed E-state index contributed by atoms with van der Waals surface area (Å²) >= 11 is 0. The molecule has 1 unspecified atom stereocenters. The number of nitrogens with zero attached hydrogens (tertiary/aromatic N) is 1. The smallest absolute Gasteiger partial charge is 0.243 e. The van der Waals surface area contributed by atoms with Gasteiger partial charge in [-0.25, -0.2) is 8.42 Å². The Labute approximate surface area is 154 Å². The van der Waals surface area contributed by atoms with E-state index in [4.69, 9.17) is 9.47 Å². The quantitative estimate of drug-likeness (QED) is 0.728. The standard InChI is InChI=1S/C18H26N2O5S/c1-2-3-4-9-19-18(21)15-6-5-10-20(15)26(22,23)14-7-8-16-17(13-14)25-12-11-24-16/h7-8,13,15H,2-6,9-12H2,1H3,(H,19,21). The Bertz CT molecular complexity index is 750. The molecule has 1 N–H and O–H groups in total. The second-order valence-corrected chi connectivity index (χ2v) is 8.47. The zero-order valence-electron chi connectivity index (χ0n) is 15.1. The molecule has 0 radical (unpaired) electrons. The van der Waals surface area contributed by atoms with Crippen molar-refractivity contribution in [2.75, 3.05) is 26.3 Å². The topological polar surface area (TPSA) is 84.9 Å². The van der Waals surface area contributed by atoms with Crippen molar-refractivity contribution in [2.45, 2.75) is 50.0 Å². The molecule has 1 atom stereocenters. The Hall–Kier alpha value is -1.80. The SMILES string of the molecule is CCCCCNC(=O)C1CCCN1S(=O)(=O)c1ccc2c(c1)OCCO2. The Morgan fingerprint density at radius 1 is 1.23 bits per heavy atom. The van der Waals surface area contributed by atoms with Gasteiger partial charge in [0.15, 0.2) is 11.5 Å². The molecule has 8 heteroatoms. The van der Waals surface area contributed by atoms with E-state index in [0.29, 0.717) is 50.6 Å². The first-order chi connectivity index (χ1) is 12.5. The van der Waals surface area contributed by atoms with Gasteiger partial charge in [0.05, 0.1) is 4.90 Å². The highest BCUT2D eigenvalue weighted by Crippen LogP contribution is 2.34. The van der Waals surface area contributed by atoms with E-state index in [1.807, 2.05) is 0 Å². The third-order valence-electron chi connectivity index (χ3n) is 4.71. The summed E-state index contributed by atoms with van der Waals surface area (Å²) in [5.41, 5.74) is 0. The van der Waals surface area contributed by atoms with Crippen LogP contribution in [-0.4, -0.2) is 51.0 Å². The number of sulfonamides is 1. The molecule has 2 aliphatic heterocycles. The van der Waals surface area contributed by atoms with Crippen LogP contribution < -0.4 is 14.8 Å². The van der Waals surface area contributed by atoms with E-state index in [2.05, 4.69) is 12.2 Å². The van der Waals surface area contributed by atoms with Crippen LogP contribution in [0.4, 0.5) is 0 Å². The molecule has 2 aliphatic rings. The number of unbranched alkanes of at least 4 members (excludes halogenated alkanes) is 2. The summed E-state index contributed by atoms with van der Waals surface area (Å²) < 4.78 is 38.4. The van der Waals surface area contributed by atoms with Gasteiger partial charge in [0, 0.05) is 19.2 Å². The van der Waals surface area contributed by atoms with Crippen LogP contribution in [0.25, 0.3) is 0 Å². The molecule has 1 amide bonds. The third-order valence-corrected chi connectivity index (χ3v) is 6.61. The van der Waals surface area contributed by atoms with Gasteiger partial charge in [-0.05, 0) is 31.4 Å². The minimum atomic E-state index is -3.76. The highest BCUT2D eigenvalue weighted by molar-refractivity contribution is 7.89. The van der Waals surface area contributed by atoms with Crippen LogP contribution in [0.15, 0.2) is 23.1 Å². The number of fused-ring (bicyclic) bond motifs is 1. The van der Waals surface area contributed by atoms with E-state index < -0.39 is 16.1 Å². The molecule has 0 aromatic heterocycles. The van der Waals surface area contributed by atoms with Crippen LogP contribution >= 0.6 is 0 Å². The van der Waals surface area contributed by atoms with Crippen molar-refractivity contribution in [1.29, 1.82) is 0 Å². The average Bonchev–Trinajstić information content (AvgIpc) is 3.15. The average molecular weight is 382 g/mol. The van der Waals surface area contributed by atoms with Crippen molar-refractivity contribution < 1.29 is 22.7 Å². The molecule has 1 saturated heterocycles. The van der Waals surface area contributed by atoms with Gasteiger partial charge in [-0.1, -0.05) is 19.8 Å². The van der Waals surface area contributed by atoms with Crippen LogP contribution in [0.5, 0.6) is 11.5 Å². The number of amides is 1. The summed E-state index contributed by atoms with van der Waals surface area (Å²) in [5, 5.41) is 2.87. The van der Waals surface area contributed by atoms with Crippen LogP contribution in [0.3, 0.4) is 0 Å². The molecule has 1 aromatic carbocycles. The predicted molar refractivity (Wildman–Crippen MR) is 96.9 cm³/mol. The maximum Gasteiger partial charge on any atom is 0.243 e. The second kappa shape index (κ2) is 8.26. The molecule has 3 rings (SSSR count). The van der Waals surface area contributed by atoms with E-state index >= 15 is 0 Å². The highest BCUT2D eigenvalue weighted by atomic mass is 32.2. The first-order valence-electron chi connectivity index (χ1n) is 9.23. The van der Waals surface area contributed by atoms with Crippen LogP contribution in [0.2, 0.25) is 0 Å². The van der Waals surface area contributed by atoms with Crippen molar-refractivity contribution >= 4 is 15.9 Å². The lowest BCUT2D eigenvalue weighted by molar-refractivity contribution is -0.124. The largest absolute Gasteiger partial charge is 0.486 e. The number of hydrogen-bond donors (Lipinski definition) is 1. The van der Waals surface area contributed by atoms with E-state index in [9.17, 15) is 13.2 Å². The van der Waals surface area contributed by atoms with Crippen molar-refractivity contribution in [3.05, 3.63) is 18.2 Å². The lowest BCUT2D eigenvalue weighted by Gasteiger charge is -2.24. The fourth-order valence-corrected chi connectivity index (χ4v) is 4.99. The van der Waals surface area contributed by atoms with Crippen molar-refractivity contribution in [2.24, 2.45) is 0 Å². The molecular weight excluding hydrogens is 356 g/mol. The van der Waals surface area contributed by atoms with E-state index in [1.165, 1.54) is 16.4 Å². The summed E-state index contributed by atoms with van der Waals surface area (Å²) in [5.74, 6) is 0.763. The zero-order valence-corrected chi connectivity index (χ0v) is 15.9. The molecule has 0 bridgehead atoms. The normalized spacial score (nSPS) is 20.1. The number of carbonyl (C=O) groups is 1. The fourth-order valence-electron chi connectivity index (χ4n) is 3.31. The zero-order chi connectivity index (χ0) is 18.6. The van der Waals surface area contributed by atoms with Gasteiger partial charge in [-0.3, -0.25) is 4.79 Å². The lowest BCUT2D eigenvalue weighted by atomic mass is 10.2. The van der Waals surface area contributed by atoms with Gasteiger partial charge < -0.3 is 14.8 Å². The van der Waals surface area contributed by atoms with Crippen molar-refractivity contribution in [1.82, 2.24) is 9.62 Å². The van der Waals surface area contributed by atoms with Gasteiger partial charge >= 0.3 is 0 Å². The molecule has 0 spiro atoms. The molecule has 0 saturated carbocycles. The summed E-state index contributed by atoms with van der Waals surface area (Å²) in [7, 11) is -3.76. The van der Waals surface area contributed by atoms with Crippen LogP contribution in [0, 0.1) is 0 Å². The Morgan fingerprint density at radius 2 is 2.00 bits per heavy atom. The van der Waals surface area contributed by atoms with Crippen LogP contribution in [-0.2, 0) is 14.8 Å². The Kier molecular flexibility index (Phi) is 6.03. The molecular formula is C18H26N2O5S. The summed E-state index contributed by atoms with van der Waals surface area (Å²) in [6.45, 7) is 3.87. The summed E-state index contributed by atoms with van der Waals surface area (Å²) in [4.78, 5) is 12.6. The molecule has 7 nitrogen and oxygen atoms in total. The number of carbonyl (C=O) groups excluding carboxylic acids is 1. The second-order valence-electron chi connectivity index (χ2n) is 6.58. The Morgan fingerprint density at radius 3 is 2.77 bits per heavy atom. The molecule has 2 heterocycles. The maximum atomic E-state index is 13.1. The highest BCUT2D eigenvalue weighted by Gasteiger charge is 2.39. The minimum absolute atomic E-state index is 0.132. The molecule has 1 fully saturated rings. The number of rotatable bonds is 7. The van der Waals surface area contributed by atoms with E-state index in [0.717, 1.165) is 19.3 Å². The molecule has 1 aromatic rings. The first-order valence-corrected chi connectivity index (χ1v) is 10.7. The number of benzene rings is 1. The summed E-state index contributed by atoms with van der Waals surface area (Å²) in [6, 6.07) is 3.96. The Balaban J connectivity index is 1.74. The number of hydrogen-bond acceptors (Lipinski definition) is 5. The monoisotopic (exact) mass is 382 g/mol. The fraction of sp³-hybridized carbons (Fsp3) is 0.611. The van der Waals surface area contributed by atoms with E-state index in [1.54, 1.807) is 6.07 Å². The van der Waals surface area contributed by atoms with Gasteiger partial charge in [0.25, 0.3) is 0 Å². The first kappa shape index (κ1) is 19.0. The summed E-state index contributed by atoms with van der Waals surface area (Å²) in [6.07, 6.45) is 4.25. The third kappa shape index (κ3) is 3.96. The lowest BCUT2D eigenvalue weighted by Crippen LogP contribution is -2.46. The molecule has 0 aliphatic carbocycles. The van der Waals surface area contributed by atoms with Gasteiger partial charge in [0.1, 0.15) is 19.3 Å². The van der Waals surface area contributed by atoms with Crippen LogP contribution in [0.1, 0.15) is 39.0 Å². The van der Waals surface area contributed by atoms with Gasteiger partial charge in [0.2, 0.25) is 15.9 Å². The van der Waals surface area contributed by atoms with Crippen molar-refractivity contribution in [3.63, 3.8) is 0 Å². The number of ether oxygens (including phenoxy) is 2. The maximum absolute atomic E-state index is 13.1. The number of nitrogens with one attached hydrogen (secondary N) is 1. The minimum Gasteiger partial charge on any atom is -0.486 e. The van der Waals surface area contributed by atoms with Crippen molar-refractivity contribution in [3.8, 4) is 11.5 Å². The molecule has 26 heavy (non-hydrogen) atoms. The van der Waals surface area contributed by atoms with Gasteiger partial charge in [-0.2, -0.15) is 4.31 Å². The van der Waals surface area contributed by atoms with E-state index in [-0.39, 0.29) is 10.8 Å². The molecule has 144 valence electrons. The van der Waals surface area contributed by atoms with Gasteiger partial charge in [-0.15, -0.1) is 0 Å².